The summed E-state index contributed by atoms with van der Waals surface area (Å²) in [7, 11) is 0. The Kier molecular flexibility index (Phi) is 5.55. The zero-order valence-electron chi connectivity index (χ0n) is 17.4. The van der Waals surface area contributed by atoms with Gasteiger partial charge in [0.15, 0.2) is 0 Å². The van der Waals surface area contributed by atoms with E-state index >= 15 is 0 Å². The van der Waals surface area contributed by atoms with Gasteiger partial charge in [0.25, 0.3) is 5.56 Å². The number of benzene rings is 2. The van der Waals surface area contributed by atoms with Crippen LogP contribution in [0.2, 0.25) is 0 Å². The Morgan fingerprint density at radius 1 is 1.00 bits per heavy atom. The average Bonchev–Trinajstić information content (AvgIpc) is 3.08. The molecule has 2 aromatic carbocycles. The van der Waals surface area contributed by atoms with E-state index in [2.05, 4.69) is 22.2 Å². The van der Waals surface area contributed by atoms with Crippen molar-refractivity contribution in [2.45, 2.75) is 23.8 Å². The summed E-state index contributed by atoms with van der Waals surface area (Å²) in [6.45, 7) is 3.73. The van der Waals surface area contributed by atoms with Crippen LogP contribution in [0.25, 0.3) is 16.8 Å². The molecule has 0 atom stereocenters. The third-order valence-corrected chi connectivity index (χ3v) is 6.16. The minimum Gasteiger partial charge on any atom is -0.383 e. The number of nitriles is 2. The van der Waals surface area contributed by atoms with Crippen molar-refractivity contribution in [2.75, 3.05) is 5.73 Å². The zero-order valence-corrected chi connectivity index (χ0v) is 18.2. The van der Waals surface area contributed by atoms with Crippen molar-refractivity contribution >= 4 is 17.6 Å². The third kappa shape index (κ3) is 3.64. The summed E-state index contributed by atoms with van der Waals surface area (Å²) in [4.78, 5) is 17.8. The molecule has 0 aliphatic carbocycles. The van der Waals surface area contributed by atoms with E-state index in [9.17, 15) is 15.3 Å². The standard InChI is InChI=1S/C24H18N6OS/c1-14-8-10-16(11-9-14)20-18(12-25)22(27)28-23(19(20)13-26)32-21-15(2)29-30(24(21)31)17-6-4-3-5-7-17/h3-11,29H,1-2H3,(H2,27,28). The number of nitrogens with two attached hydrogens (primary N) is 1. The van der Waals surface area contributed by atoms with E-state index in [4.69, 9.17) is 5.73 Å². The van der Waals surface area contributed by atoms with Crippen LogP contribution in [0.1, 0.15) is 22.4 Å². The maximum Gasteiger partial charge on any atom is 0.285 e. The van der Waals surface area contributed by atoms with Gasteiger partial charge in [0, 0.05) is 11.3 Å². The van der Waals surface area contributed by atoms with Gasteiger partial charge in [-0.3, -0.25) is 9.89 Å². The monoisotopic (exact) mass is 438 g/mol. The second kappa shape index (κ2) is 8.46. The van der Waals surface area contributed by atoms with E-state index in [0.29, 0.717) is 27.4 Å². The Bertz CT molecular complexity index is 1450. The molecule has 0 aliphatic rings. The largest absolute Gasteiger partial charge is 0.383 e. The number of nitrogens with zero attached hydrogens (tertiary/aromatic N) is 4. The zero-order chi connectivity index (χ0) is 22.8. The number of aromatic nitrogens is 3. The number of nitrogen functional groups attached to an aromatic ring is 1. The molecular formula is C24H18N6OS. The smallest absolute Gasteiger partial charge is 0.285 e. The van der Waals surface area contributed by atoms with Crippen LogP contribution in [0.5, 0.6) is 0 Å². The van der Waals surface area contributed by atoms with Crippen molar-refractivity contribution in [3.63, 3.8) is 0 Å². The molecule has 4 rings (SSSR count). The lowest BCUT2D eigenvalue weighted by atomic mass is 9.96. The first kappa shape index (κ1) is 21.0. The van der Waals surface area contributed by atoms with Gasteiger partial charge >= 0.3 is 0 Å². The fourth-order valence-electron chi connectivity index (χ4n) is 3.39. The molecule has 156 valence electrons. The van der Waals surface area contributed by atoms with E-state index in [1.807, 2.05) is 61.5 Å². The average molecular weight is 439 g/mol. The summed E-state index contributed by atoms with van der Waals surface area (Å²) < 4.78 is 1.44. The Balaban J connectivity index is 1.89. The van der Waals surface area contributed by atoms with Crippen LogP contribution in [-0.2, 0) is 0 Å². The molecule has 0 aliphatic heterocycles. The minimum absolute atomic E-state index is 0.0150. The van der Waals surface area contributed by atoms with Crippen LogP contribution in [-0.4, -0.2) is 14.8 Å². The summed E-state index contributed by atoms with van der Waals surface area (Å²) in [5.41, 5.74) is 9.67. The predicted molar refractivity (Wildman–Crippen MR) is 124 cm³/mol. The highest BCUT2D eigenvalue weighted by molar-refractivity contribution is 7.99. The Morgan fingerprint density at radius 3 is 2.28 bits per heavy atom. The number of para-hydroxylation sites is 1. The lowest BCUT2D eigenvalue weighted by molar-refractivity contribution is 0.834. The molecule has 0 radical (unpaired) electrons. The molecule has 0 amide bonds. The van der Waals surface area contributed by atoms with Gasteiger partial charge in [-0.2, -0.15) is 10.5 Å². The maximum atomic E-state index is 13.1. The number of aryl methyl sites for hydroxylation is 2. The van der Waals surface area contributed by atoms with Crippen LogP contribution >= 0.6 is 11.8 Å². The highest BCUT2D eigenvalue weighted by Crippen LogP contribution is 2.38. The van der Waals surface area contributed by atoms with Crippen LogP contribution in [0.15, 0.2) is 69.3 Å². The first-order valence-corrected chi connectivity index (χ1v) is 10.5. The fraction of sp³-hybridized carbons (Fsp3) is 0.0833. The van der Waals surface area contributed by atoms with Crippen LogP contribution < -0.4 is 11.3 Å². The third-order valence-electron chi connectivity index (χ3n) is 4.99. The molecule has 7 nitrogen and oxygen atoms in total. The predicted octanol–water partition coefficient (Wildman–Crippen LogP) is 4.32. The van der Waals surface area contributed by atoms with E-state index in [-0.39, 0.29) is 27.5 Å². The Labute approximate surface area is 188 Å². The van der Waals surface area contributed by atoms with Crippen molar-refractivity contribution in [2.24, 2.45) is 0 Å². The SMILES string of the molecule is Cc1ccc(-c2c(C#N)c(N)nc(Sc3c(C)[nH]n(-c4ccccc4)c3=O)c2C#N)cc1. The molecule has 0 spiro atoms. The molecule has 2 heterocycles. The van der Waals surface area contributed by atoms with Gasteiger partial charge in [-0.15, -0.1) is 0 Å². The van der Waals surface area contributed by atoms with Crippen LogP contribution in [0.4, 0.5) is 5.82 Å². The Hall–Kier alpha value is -4.27. The molecule has 0 fully saturated rings. The van der Waals surface area contributed by atoms with Crippen molar-refractivity contribution in [1.82, 2.24) is 14.8 Å². The van der Waals surface area contributed by atoms with Crippen LogP contribution in [0.3, 0.4) is 0 Å². The van der Waals surface area contributed by atoms with Gasteiger partial charge in [-0.05, 0) is 31.5 Å². The van der Waals surface area contributed by atoms with Gasteiger partial charge in [-0.25, -0.2) is 9.67 Å². The molecule has 32 heavy (non-hydrogen) atoms. The number of anilines is 1. The second-order valence-corrected chi connectivity index (χ2v) is 8.16. The summed E-state index contributed by atoms with van der Waals surface area (Å²) in [6.07, 6.45) is 0. The fourth-order valence-corrected chi connectivity index (χ4v) is 4.35. The molecule has 0 saturated heterocycles. The molecular weight excluding hydrogens is 420 g/mol. The minimum atomic E-state index is -0.260. The molecule has 4 aromatic rings. The number of hydrogen-bond acceptors (Lipinski definition) is 6. The first-order chi connectivity index (χ1) is 15.4. The lowest BCUT2D eigenvalue weighted by Gasteiger charge is -2.12. The maximum absolute atomic E-state index is 13.1. The number of hydrogen-bond donors (Lipinski definition) is 2. The molecule has 0 unspecified atom stereocenters. The van der Waals surface area contributed by atoms with E-state index < -0.39 is 0 Å². The Morgan fingerprint density at radius 2 is 1.66 bits per heavy atom. The summed E-state index contributed by atoms with van der Waals surface area (Å²) >= 11 is 1.07. The normalized spacial score (nSPS) is 10.5. The second-order valence-electron chi connectivity index (χ2n) is 7.16. The van der Waals surface area contributed by atoms with E-state index in [1.54, 1.807) is 6.92 Å². The van der Waals surface area contributed by atoms with Gasteiger partial charge < -0.3 is 5.73 Å². The van der Waals surface area contributed by atoms with Gasteiger partial charge in [-0.1, -0.05) is 59.8 Å². The molecule has 3 N–H and O–H groups in total. The van der Waals surface area contributed by atoms with Crippen molar-refractivity contribution in [1.29, 1.82) is 10.5 Å². The van der Waals surface area contributed by atoms with Gasteiger partial charge in [0.05, 0.1) is 11.3 Å². The lowest BCUT2D eigenvalue weighted by Crippen LogP contribution is -2.15. The summed E-state index contributed by atoms with van der Waals surface area (Å²) in [6, 6.07) is 20.9. The van der Waals surface area contributed by atoms with E-state index in [0.717, 1.165) is 17.3 Å². The van der Waals surface area contributed by atoms with Gasteiger partial charge in [0.1, 0.15) is 33.4 Å². The number of aromatic amines is 1. The highest BCUT2D eigenvalue weighted by atomic mass is 32.2. The topological polar surface area (TPSA) is 124 Å². The van der Waals surface area contributed by atoms with E-state index in [1.165, 1.54) is 4.68 Å². The highest BCUT2D eigenvalue weighted by Gasteiger charge is 2.23. The molecule has 2 aromatic heterocycles. The summed E-state index contributed by atoms with van der Waals surface area (Å²) in [5, 5.41) is 23.0. The number of nitrogens with one attached hydrogen (secondary N) is 1. The number of H-pyrrole nitrogens is 1. The van der Waals surface area contributed by atoms with Crippen LogP contribution in [0, 0.1) is 36.5 Å². The molecule has 0 saturated carbocycles. The summed E-state index contributed by atoms with van der Waals surface area (Å²) in [5.74, 6) is 0.0150. The molecule has 8 heteroatoms. The quantitative estimate of drug-likeness (QED) is 0.489. The van der Waals surface area contributed by atoms with Crippen molar-refractivity contribution in [3.05, 3.63) is 87.3 Å². The molecule has 0 bridgehead atoms. The van der Waals surface area contributed by atoms with Crippen molar-refractivity contribution < 1.29 is 0 Å². The number of pyridine rings is 1. The van der Waals surface area contributed by atoms with Crippen molar-refractivity contribution in [3.8, 4) is 29.0 Å². The number of rotatable bonds is 4. The van der Waals surface area contributed by atoms with Gasteiger partial charge in [0.2, 0.25) is 0 Å². The first-order valence-electron chi connectivity index (χ1n) is 9.70.